The Labute approximate surface area is 169 Å². The number of aromatic nitrogens is 5. The zero-order valence-corrected chi connectivity index (χ0v) is 16.8. The lowest BCUT2D eigenvalue weighted by atomic mass is 10.3. The fourth-order valence-corrected chi connectivity index (χ4v) is 3.52. The van der Waals surface area contributed by atoms with Crippen molar-refractivity contribution in [2.45, 2.75) is 20.4 Å². The summed E-state index contributed by atoms with van der Waals surface area (Å²) in [5.74, 6) is -0.178. The van der Waals surface area contributed by atoms with Gasteiger partial charge in [0.25, 0.3) is 5.56 Å². The van der Waals surface area contributed by atoms with E-state index in [4.69, 9.17) is 16.3 Å². The SMILES string of the molecule is CCOC(=O)Cn1c(=O)c2c(nc3n(-c4ccc(Cl)cc4)c(C)cn23)n(C)c1=O. The molecule has 3 aromatic heterocycles. The van der Waals surface area contributed by atoms with Crippen molar-refractivity contribution in [3.8, 4) is 5.69 Å². The first-order valence-electron chi connectivity index (χ1n) is 8.95. The summed E-state index contributed by atoms with van der Waals surface area (Å²) in [7, 11) is 1.51. The highest BCUT2D eigenvalue weighted by atomic mass is 35.5. The molecule has 0 unspecified atom stereocenters. The maximum atomic E-state index is 13.1. The standard InChI is InChI=1S/C19H18ClN5O4/c1-4-29-14(26)10-24-17(27)15-16(22(3)19(24)28)21-18-23(15)9-11(2)25(18)13-7-5-12(20)6-8-13/h5-9H,4,10H2,1-3H3. The number of fused-ring (bicyclic) bond motifs is 3. The van der Waals surface area contributed by atoms with Crippen molar-refractivity contribution in [1.82, 2.24) is 23.1 Å². The maximum absolute atomic E-state index is 13.1. The van der Waals surface area contributed by atoms with Gasteiger partial charge in [-0.1, -0.05) is 11.6 Å². The number of rotatable bonds is 4. The highest BCUT2D eigenvalue weighted by Crippen LogP contribution is 2.22. The average molecular weight is 416 g/mol. The van der Waals surface area contributed by atoms with Gasteiger partial charge in [0.1, 0.15) is 6.54 Å². The van der Waals surface area contributed by atoms with E-state index in [2.05, 4.69) is 4.98 Å². The molecule has 150 valence electrons. The van der Waals surface area contributed by atoms with Crippen molar-refractivity contribution in [2.24, 2.45) is 7.05 Å². The number of imidazole rings is 2. The monoisotopic (exact) mass is 415 g/mol. The van der Waals surface area contributed by atoms with Crippen molar-refractivity contribution >= 4 is 34.5 Å². The van der Waals surface area contributed by atoms with Crippen LogP contribution in [0.25, 0.3) is 22.6 Å². The zero-order valence-electron chi connectivity index (χ0n) is 16.0. The molecular weight excluding hydrogens is 398 g/mol. The van der Waals surface area contributed by atoms with Crippen LogP contribution in [0, 0.1) is 6.92 Å². The predicted molar refractivity (Wildman–Crippen MR) is 108 cm³/mol. The Morgan fingerprint density at radius 3 is 2.55 bits per heavy atom. The van der Waals surface area contributed by atoms with Crippen LogP contribution >= 0.6 is 11.6 Å². The third-order valence-corrected chi connectivity index (χ3v) is 4.96. The second-order valence-corrected chi connectivity index (χ2v) is 7.01. The molecule has 0 aliphatic rings. The number of nitrogens with zero attached hydrogens (tertiary/aromatic N) is 5. The van der Waals surface area contributed by atoms with Crippen LogP contribution in [0.15, 0.2) is 40.1 Å². The summed E-state index contributed by atoms with van der Waals surface area (Å²) in [6.07, 6.45) is 1.76. The molecule has 0 fully saturated rings. The molecule has 29 heavy (non-hydrogen) atoms. The molecule has 0 aliphatic heterocycles. The number of halogens is 1. The van der Waals surface area contributed by atoms with E-state index in [1.54, 1.807) is 29.7 Å². The van der Waals surface area contributed by atoms with E-state index < -0.39 is 23.8 Å². The molecular formula is C19H18ClN5O4. The zero-order chi connectivity index (χ0) is 20.9. The summed E-state index contributed by atoms with van der Waals surface area (Å²) >= 11 is 5.99. The van der Waals surface area contributed by atoms with Crippen molar-refractivity contribution in [1.29, 1.82) is 0 Å². The van der Waals surface area contributed by atoms with Crippen LogP contribution in [0.2, 0.25) is 5.02 Å². The van der Waals surface area contributed by atoms with E-state index in [9.17, 15) is 14.4 Å². The van der Waals surface area contributed by atoms with Crippen LogP contribution in [-0.2, 0) is 23.1 Å². The van der Waals surface area contributed by atoms with Crippen molar-refractivity contribution in [3.63, 3.8) is 0 Å². The first-order valence-corrected chi connectivity index (χ1v) is 9.32. The van der Waals surface area contributed by atoms with Crippen LogP contribution in [0.5, 0.6) is 0 Å². The minimum atomic E-state index is -0.651. The third-order valence-electron chi connectivity index (χ3n) is 4.70. The van der Waals surface area contributed by atoms with E-state index >= 15 is 0 Å². The van der Waals surface area contributed by atoms with Gasteiger partial charge in [-0.3, -0.25) is 23.1 Å². The first-order chi connectivity index (χ1) is 13.8. The third kappa shape index (κ3) is 2.94. The molecule has 0 atom stereocenters. The Hall–Kier alpha value is -3.33. The van der Waals surface area contributed by atoms with Crippen LogP contribution in [0.4, 0.5) is 0 Å². The molecule has 0 saturated heterocycles. The lowest BCUT2D eigenvalue weighted by Crippen LogP contribution is -2.41. The van der Waals surface area contributed by atoms with Gasteiger partial charge in [-0.25, -0.2) is 9.36 Å². The van der Waals surface area contributed by atoms with Gasteiger partial charge in [-0.05, 0) is 38.1 Å². The summed E-state index contributed by atoms with van der Waals surface area (Å²) in [5, 5.41) is 0.604. The minimum absolute atomic E-state index is 0.163. The molecule has 0 aliphatic carbocycles. The molecule has 10 heteroatoms. The van der Waals surface area contributed by atoms with Crippen molar-refractivity contribution in [3.05, 3.63) is 62.0 Å². The Morgan fingerprint density at radius 2 is 1.90 bits per heavy atom. The molecule has 0 bridgehead atoms. The summed E-state index contributed by atoms with van der Waals surface area (Å²) in [6, 6.07) is 7.20. The number of esters is 1. The lowest BCUT2D eigenvalue weighted by molar-refractivity contribution is -0.143. The second-order valence-electron chi connectivity index (χ2n) is 6.57. The molecule has 9 nitrogen and oxygen atoms in total. The molecule has 0 radical (unpaired) electrons. The first kappa shape index (κ1) is 19.0. The summed E-state index contributed by atoms with van der Waals surface area (Å²) in [4.78, 5) is 42.1. The van der Waals surface area contributed by atoms with Crippen LogP contribution in [-0.4, -0.2) is 35.7 Å². The Balaban J connectivity index is 2.02. The predicted octanol–water partition coefficient (Wildman–Crippen LogP) is 1.66. The molecule has 0 spiro atoms. The Morgan fingerprint density at radius 1 is 1.21 bits per heavy atom. The van der Waals surface area contributed by atoms with Crippen LogP contribution in [0.3, 0.4) is 0 Å². The number of aryl methyl sites for hydroxylation is 2. The van der Waals surface area contributed by atoms with Gasteiger partial charge < -0.3 is 4.74 Å². The molecule has 0 N–H and O–H groups in total. The van der Waals surface area contributed by atoms with E-state index in [1.807, 2.05) is 23.6 Å². The Bertz CT molecular complexity index is 1370. The topological polar surface area (TPSA) is 92.5 Å². The number of hydrogen-bond acceptors (Lipinski definition) is 5. The normalized spacial score (nSPS) is 11.4. The quantitative estimate of drug-likeness (QED) is 0.473. The van der Waals surface area contributed by atoms with Gasteiger partial charge in [0.05, 0.1) is 6.61 Å². The number of ether oxygens (including phenoxy) is 1. The summed E-state index contributed by atoms with van der Waals surface area (Å²) in [5.41, 5.74) is 0.860. The molecule has 3 heterocycles. The Kier molecular flexibility index (Phi) is 4.54. The fourth-order valence-electron chi connectivity index (χ4n) is 3.39. The number of hydrogen-bond donors (Lipinski definition) is 0. The van der Waals surface area contributed by atoms with Crippen molar-refractivity contribution in [2.75, 3.05) is 6.61 Å². The van der Waals surface area contributed by atoms with Gasteiger partial charge >= 0.3 is 11.7 Å². The fraction of sp³-hybridized carbons (Fsp3) is 0.263. The maximum Gasteiger partial charge on any atom is 0.333 e. The smallest absolute Gasteiger partial charge is 0.333 e. The summed E-state index contributed by atoms with van der Waals surface area (Å²) < 4.78 is 10.5. The van der Waals surface area contributed by atoms with Gasteiger partial charge in [-0.15, -0.1) is 0 Å². The van der Waals surface area contributed by atoms with Crippen LogP contribution in [0.1, 0.15) is 12.6 Å². The van der Waals surface area contributed by atoms with Gasteiger partial charge in [0.15, 0.2) is 11.2 Å². The number of carbonyl (C=O) groups is 1. The van der Waals surface area contributed by atoms with Gasteiger partial charge in [0.2, 0.25) is 5.78 Å². The minimum Gasteiger partial charge on any atom is -0.465 e. The number of carbonyl (C=O) groups excluding carboxylic acids is 1. The second kappa shape index (κ2) is 6.93. The van der Waals surface area contributed by atoms with E-state index in [-0.39, 0.29) is 17.8 Å². The average Bonchev–Trinajstić information content (AvgIpc) is 3.19. The van der Waals surface area contributed by atoms with E-state index in [0.29, 0.717) is 10.8 Å². The van der Waals surface area contributed by atoms with Gasteiger partial charge in [0, 0.05) is 29.6 Å². The molecule has 4 rings (SSSR count). The highest BCUT2D eigenvalue weighted by molar-refractivity contribution is 6.30. The lowest BCUT2D eigenvalue weighted by Gasteiger charge is -2.07. The molecule has 4 aromatic rings. The van der Waals surface area contributed by atoms with Gasteiger partial charge in [-0.2, -0.15) is 4.98 Å². The molecule has 0 amide bonds. The molecule has 1 aromatic carbocycles. The van der Waals surface area contributed by atoms with E-state index in [1.165, 1.54) is 11.6 Å². The van der Waals surface area contributed by atoms with Crippen molar-refractivity contribution < 1.29 is 9.53 Å². The van der Waals surface area contributed by atoms with E-state index in [0.717, 1.165) is 15.9 Å². The summed E-state index contributed by atoms with van der Waals surface area (Å²) in [6.45, 7) is 3.24. The highest BCUT2D eigenvalue weighted by Gasteiger charge is 2.21. The van der Waals surface area contributed by atoms with Crippen LogP contribution < -0.4 is 11.2 Å². The molecule has 0 saturated carbocycles. The number of benzene rings is 1. The largest absolute Gasteiger partial charge is 0.465 e.